The van der Waals surface area contributed by atoms with Gasteiger partial charge in [0.1, 0.15) is 11.6 Å². The zero-order chi connectivity index (χ0) is 21.6. The van der Waals surface area contributed by atoms with Crippen LogP contribution in [0.15, 0.2) is 82.1 Å². The first kappa shape index (κ1) is 20.5. The maximum atomic E-state index is 13.6. The lowest BCUT2D eigenvalue weighted by Gasteiger charge is -2.09. The van der Waals surface area contributed by atoms with E-state index in [-0.39, 0.29) is 5.69 Å². The van der Waals surface area contributed by atoms with Gasteiger partial charge in [-0.05, 0) is 48.5 Å². The third kappa shape index (κ3) is 5.46. The molecule has 1 heterocycles. The van der Waals surface area contributed by atoms with Crippen LogP contribution < -0.4 is 10.6 Å². The highest BCUT2D eigenvalue weighted by atomic mass is 32.2. The van der Waals surface area contributed by atoms with Gasteiger partial charge in [0.25, 0.3) is 0 Å². The molecule has 3 aromatic carbocycles. The molecule has 9 heteroatoms. The standard InChI is InChI=1S/C22H16F2N4O2S/c23-15-6-11-19(18(24)12-15)26-22(29)25-16-7-9-17(10-8-16)31-13-20-27-28-21(30-20)14-4-2-1-3-5-14/h1-12H,13H2,(H2,25,26,29). The predicted molar refractivity (Wildman–Crippen MR) is 115 cm³/mol. The van der Waals surface area contributed by atoms with E-state index < -0.39 is 17.7 Å². The summed E-state index contributed by atoms with van der Waals surface area (Å²) < 4.78 is 32.2. The molecule has 0 radical (unpaired) electrons. The Hall–Kier alpha value is -3.72. The van der Waals surface area contributed by atoms with Crippen molar-refractivity contribution in [1.82, 2.24) is 10.2 Å². The first-order chi connectivity index (χ1) is 15.1. The van der Waals surface area contributed by atoms with Gasteiger partial charge in [-0.2, -0.15) is 0 Å². The van der Waals surface area contributed by atoms with Gasteiger partial charge in [0.05, 0.1) is 11.4 Å². The SMILES string of the molecule is O=C(Nc1ccc(SCc2nnc(-c3ccccc3)o2)cc1)Nc1ccc(F)cc1F. The van der Waals surface area contributed by atoms with E-state index in [1.807, 2.05) is 42.5 Å². The lowest BCUT2D eigenvalue weighted by atomic mass is 10.2. The molecule has 0 saturated carbocycles. The number of anilines is 2. The summed E-state index contributed by atoms with van der Waals surface area (Å²) in [6.45, 7) is 0. The molecule has 1 aromatic heterocycles. The number of rotatable bonds is 6. The fourth-order valence-corrected chi connectivity index (χ4v) is 3.40. The quantitative estimate of drug-likeness (QED) is 0.364. The van der Waals surface area contributed by atoms with Crippen molar-refractivity contribution in [3.63, 3.8) is 0 Å². The second-order valence-corrected chi connectivity index (χ2v) is 7.43. The summed E-state index contributed by atoms with van der Waals surface area (Å²) in [6, 6.07) is 18.9. The Labute approximate surface area is 180 Å². The van der Waals surface area contributed by atoms with E-state index in [1.165, 1.54) is 11.8 Å². The van der Waals surface area contributed by atoms with Gasteiger partial charge in [-0.3, -0.25) is 0 Å². The number of nitrogens with one attached hydrogen (secondary N) is 2. The van der Waals surface area contributed by atoms with E-state index in [1.54, 1.807) is 12.1 Å². The number of hydrogen-bond acceptors (Lipinski definition) is 5. The average molecular weight is 438 g/mol. The molecule has 0 bridgehead atoms. The number of nitrogens with zero attached hydrogens (tertiary/aromatic N) is 2. The summed E-state index contributed by atoms with van der Waals surface area (Å²) >= 11 is 1.51. The number of thioether (sulfide) groups is 1. The molecule has 0 aliphatic heterocycles. The molecule has 2 amide bonds. The van der Waals surface area contributed by atoms with E-state index >= 15 is 0 Å². The molecule has 0 unspecified atom stereocenters. The molecule has 2 N–H and O–H groups in total. The minimum Gasteiger partial charge on any atom is -0.420 e. The second kappa shape index (κ2) is 9.40. The van der Waals surface area contributed by atoms with Crippen LogP contribution in [0, 0.1) is 11.6 Å². The molecule has 0 atom stereocenters. The molecule has 0 saturated heterocycles. The minimum atomic E-state index is -0.849. The van der Waals surface area contributed by atoms with E-state index in [0.717, 1.165) is 22.6 Å². The molecule has 0 aliphatic rings. The van der Waals surface area contributed by atoms with Crippen LogP contribution in [0.5, 0.6) is 0 Å². The smallest absolute Gasteiger partial charge is 0.323 e. The molecule has 6 nitrogen and oxygen atoms in total. The topological polar surface area (TPSA) is 80.1 Å². The van der Waals surface area contributed by atoms with Crippen LogP contribution in [0.2, 0.25) is 0 Å². The van der Waals surface area contributed by atoms with E-state index in [2.05, 4.69) is 20.8 Å². The van der Waals surface area contributed by atoms with Gasteiger partial charge >= 0.3 is 6.03 Å². The third-order valence-corrected chi connectivity index (χ3v) is 5.14. The van der Waals surface area contributed by atoms with Crippen LogP contribution in [-0.2, 0) is 5.75 Å². The highest BCUT2D eigenvalue weighted by Crippen LogP contribution is 2.26. The number of hydrogen-bond donors (Lipinski definition) is 2. The van der Waals surface area contributed by atoms with Crippen LogP contribution in [0.1, 0.15) is 5.89 Å². The number of halogens is 2. The van der Waals surface area contributed by atoms with E-state index in [0.29, 0.717) is 29.3 Å². The van der Waals surface area contributed by atoms with Crippen LogP contribution in [0.3, 0.4) is 0 Å². The Balaban J connectivity index is 1.30. The summed E-state index contributed by atoms with van der Waals surface area (Å²) in [4.78, 5) is 13.0. The summed E-state index contributed by atoms with van der Waals surface area (Å²) in [7, 11) is 0. The monoisotopic (exact) mass is 438 g/mol. The first-order valence-corrected chi connectivity index (χ1v) is 10.2. The molecule has 4 rings (SSSR count). The number of aromatic nitrogens is 2. The van der Waals surface area contributed by atoms with Crippen molar-refractivity contribution >= 4 is 29.2 Å². The van der Waals surface area contributed by atoms with Crippen LogP contribution in [0.4, 0.5) is 25.0 Å². The van der Waals surface area contributed by atoms with Crippen LogP contribution in [0.25, 0.3) is 11.5 Å². The Morgan fingerprint density at radius 1 is 0.935 bits per heavy atom. The van der Waals surface area contributed by atoms with Crippen molar-refractivity contribution in [3.8, 4) is 11.5 Å². The number of carbonyl (C=O) groups is 1. The number of amides is 2. The van der Waals surface area contributed by atoms with Crippen molar-refractivity contribution in [2.75, 3.05) is 10.6 Å². The van der Waals surface area contributed by atoms with Crippen molar-refractivity contribution in [1.29, 1.82) is 0 Å². The third-order valence-electron chi connectivity index (χ3n) is 4.14. The number of urea groups is 1. The van der Waals surface area contributed by atoms with E-state index in [4.69, 9.17) is 4.42 Å². The molecule has 31 heavy (non-hydrogen) atoms. The first-order valence-electron chi connectivity index (χ1n) is 9.20. The Kier molecular flexibility index (Phi) is 6.23. The Bertz CT molecular complexity index is 1180. The zero-order valence-electron chi connectivity index (χ0n) is 16.0. The van der Waals surface area contributed by atoms with E-state index in [9.17, 15) is 13.6 Å². The Morgan fingerprint density at radius 2 is 1.71 bits per heavy atom. The van der Waals surface area contributed by atoms with Crippen LogP contribution >= 0.6 is 11.8 Å². The van der Waals surface area contributed by atoms with Gasteiger partial charge in [0.2, 0.25) is 11.8 Å². The lowest BCUT2D eigenvalue weighted by molar-refractivity contribution is 0.262. The Morgan fingerprint density at radius 3 is 2.45 bits per heavy atom. The highest BCUT2D eigenvalue weighted by Gasteiger charge is 2.10. The minimum absolute atomic E-state index is 0.111. The van der Waals surface area contributed by atoms with Crippen LogP contribution in [-0.4, -0.2) is 16.2 Å². The summed E-state index contributed by atoms with van der Waals surface area (Å²) in [5.74, 6) is -0.0884. The molecular formula is C22H16F2N4O2S. The van der Waals surface area contributed by atoms with Crippen molar-refractivity contribution in [2.45, 2.75) is 10.6 Å². The van der Waals surface area contributed by atoms with Crippen molar-refractivity contribution < 1.29 is 18.0 Å². The molecule has 4 aromatic rings. The van der Waals surface area contributed by atoms with Gasteiger partial charge in [-0.1, -0.05) is 18.2 Å². The summed E-state index contributed by atoms with van der Waals surface area (Å²) in [6.07, 6.45) is 0. The zero-order valence-corrected chi connectivity index (χ0v) is 16.8. The molecule has 0 aliphatic carbocycles. The normalized spacial score (nSPS) is 10.6. The average Bonchev–Trinajstić information content (AvgIpc) is 3.25. The second-order valence-electron chi connectivity index (χ2n) is 6.38. The van der Waals surface area contributed by atoms with Gasteiger partial charge in [-0.15, -0.1) is 22.0 Å². The summed E-state index contributed by atoms with van der Waals surface area (Å²) in [5, 5.41) is 13.1. The molecule has 0 spiro atoms. The van der Waals surface area contributed by atoms with Gasteiger partial charge in [0, 0.05) is 22.2 Å². The highest BCUT2D eigenvalue weighted by molar-refractivity contribution is 7.98. The predicted octanol–water partition coefficient (Wildman–Crippen LogP) is 5.95. The number of benzene rings is 3. The number of carbonyl (C=O) groups excluding carboxylic acids is 1. The molecular weight excluding hydrogens is 422 g/mol. The fourth-order valence-electron chi connectivity index (χ4n) is 2.66. The van der Waals surface area contributed by atoms with Gasteiger partial charge < -0.3 is 15.1 Å². The molecule has 156 valence electrons. The summed E-state index contributed by atoms with van der Waals surface area (Å²) in [5.41, 5.74) is 1.27. The maximum absolute atomic E-state index is 13.6. The van der Waals surface area contributed by atoms with Gasteiger partial charge in [-0.25, -0.2) is 13.6 Å². The van der Waals surface area contributed by atoms with Crippen molar-refractivity contribution in [3.05, 3.63) is 90.3 Å². The maximum Gasteiger partial charge on any atom is 0.323 e. The van der Waals surface area contributed by atoms with Crippen molar-refractivity contribution in [2.24, 2.45) is 0 Å². The lowest BCUT2D eigenvalue weighted by Crippen LogP contribution is -2.20. The molecule has 0 fully saturated rings. The largest absolute Gasteiger partial charge is 0.420 e. The fraction of sp³-hybridized carbons (Fsp3) is 0.0455. The van der Waals surface area contributed by atoms with Gasteiger partial charge in [0.15, 0.2) is 0 Å².